The number of hydrogen-bond acceptors (Lipinski definition) is 3. The van der Waals surface area contributed by atoms with Crippen LogP contribution in [0.3, 0.4) is 0 Å². The SMILES string of the molecule is NCc1cc(OCC2CC2)c2ccccc2n1. The standard InChI is InChI=1S/C14H16N2O/c15-8-11-7-14(17-9-10-5-6-10)12-3-1-2-4-13(12)16-11/h1-4,7,10H,5-6,8-9,15H2. The highest BCUT2D eigenvalue weighted by atomic mass is 16.5. The summed E-state index contributed by atoms with van der Waals surface area (Å²) < 4.78 is 5.89. The Morgan fingerprint density at radius 3 is 2.88 bits per heavy atom. The Morgan fingerprint density at radius 1 is 1.29 bits per heavy atom. The summed E-state index contributed by atoms with van der Waals surface area (Å²) in [5, 5.41) is 1.07. The molecule has 1 fully saturated rings. The van der Waals surface area contributed by atoms with E-state index in [-0.39, 0.29) is 0 Å². The fourth-order valence-electron chi connectivity index (χ4n) is 1.91. The molecule has 2 N–H and O–H groups in total. The molecule has 0 unspecified atom stereocenters. The molecular weight excluding hydrogens is 212 g/mol. The van der Waals surface area contributed by atoms with E-state index in [1.54, 1.807) is 0 Å². The topological polar surface area (TPSA) is 48.1 Å². The van der Waals surface area contributed by atoms with Gasteiger partial charge in [0.2, 0.25) is 0 Å². The van der Waals surface area contributed by atoms with Crippen LogP contribution in [-0.2, 0) is 6.54 Å². The second kappa shape index (κ2) is 4.34. The predicted molar refractivity (Wildman–Crippen MR) is 67.9 cm³/mol. The van der Waals surface area contributed by atoms with Crippen LogP contribution < -0.4 is 10.5 Å². The van der Waals surface area contributed by atoms with Gasteiger partial charge in [0.25, 0.3) is 0 Å². The summed E-state index contributed by atoms with van der Waals surface area (Å²) in [6.45, 7) is 1.27. The van der Waals surface area contributed by atoms with E-state index in [0.29, 0.717) is 6.54 Å². The second-order valence-corrected chi connectivity index (χ2v) is 4.59. The van der Waals surface area contributed by atoms with E-state index in [0.717, 1.165) is 34.9 Å². The lowest BCUT2D eigenvalue weighted by Crippen LogP contribution is -2.04. The third kappa shape index (κ3) is 2.24. The van der Waals surface area contributed by atoms with Crippen molar-refractivity contribution in [3.63, 3.8) is 0 Å². The number of hydrogen-bond donors (Lipinski definition) is 1. The Hall–Kier alpha value is -1.61. The highest BCUT2D eigenvalue weighted by Crippen LogP contribution is 2.31. The molecule has 0 aliphatic heterocycles. The van der Waals surface area contributed by atoms with Crippen molar-refractivity contribution >= 4 is 10.9 Å². The Morgan fingerprint density at radius 2 is 2.12 bits per heavy atom. The molecular formula is C14H16N2O. The van der Waals surface area contributed by atoms with Crippen molar-refractivity contribution in [2.24, 2.45) is 11.7 Å². The van der Waals surface area contributed by atoms with E-state index in [4.69, 9.17) is 10.5 Å². The van der Waals surface area contributed by atoms with E-state index >= 15 is 0 Å². The van der Waals surface area contributed by atoms with Crippen LogP contribution >= 0.6 is 0 Å². The number of nitrogens with two attached hydrogens (primary N) is 1. The van der Waals surface area contributed by atoms with E-state index in [1.807, 2.05) is 30.3 Å². The second-order valence-electron chi connectivity index (χ2n) is 4.59. The van der Waals surface area contributed by atoms with Crippen molar-refractivity contribution in [2.75, 3.05) is 6.61 Å². The lowest BCUT2D eigenvalue weighted by Gasteiger charge is -2.10. The summed E-state index contributed by atoms with van der Waals surface area (Å²) in [4.78, 5) is 4.49. The summed E-state index contributed by atoms with van der Waals surface area (Å²) in [6.07, 6.45) is 2.60. The van der Waals surface area contributed by atoms with Gasteiger partial charge in [-0.2, -0.15) is 0 Å². The van der Waals surface area contributed by atoms with E-state index in [2.05, 4.69) is 4.98 Å². The molecule has 1 aromatic carbocycles. The quantitative estimate of drug-likeness (QED) is 0.874. The number of pyridine rings is 1. The monoisotopic (exact) mass is 228 g/mol. The fourth-order valence-corrected chi connectivity index (χ4v) is 1.91. The van der Waals surface area contributed by atoms with Gasteiger partial charge in [-0.1, -0.05) is 12.1 Å². The van der Waals surface area contributed by atoms with Gasteiger partial charge in [0, 0.05) is 18.0 Å². The van der Waals surface area contributed by atoms with Crippen molar-refractivity contribution in [3.05, 3.63) is 36.0 Å². The smallest absolute Gasteiger partial charge is 0.130 e. The van der Waals surface area contributed by atoms with Gasteiger partial charge in [0.1, 0.15) is 5.75 Å². The average Bonchev–Trinajstić information content (AvgIpc) is 3.19. The predicted octanol–water partition coefficient (Wildman–Crippen LogP) is 2.48. The number of nitrogens with zero attached hydrogens (tertiary/aromatic N) is 1. The molecule has 3 nitrogen and oxygen atoms in total. The number of fused-ring (bicyclic) bond motifs is 1. The molecule has 88 valence electrons. The number of aromatic nitrogens is 1. The van der Waals surface area contributed by atoms with E-state index in [9.17, 15) is 0 Å². The Bertz CT molecular complexity index is 535. The van der Waals surface area contributed by atoms with Crippen LogP contribution in [0.15, 0.2) is 30.3 Å². The summed E-state index contributed by atoms with van der Waals surface area (Å²) in [7, 11) is 0. The lowest BCUT2D eigenvalue weighted by atomic mass is 10.2. The maximum absolute atomic E-state index is 5.89. The van der Waals surface area contributed by atoms with Gasteiger partial charge in [0.15, 0.2) is 0 Å². The van der Waals surface area contributed by atoms with Gasteiger partial charge in [-0.3, -0.25) is 4.98 Å². The normalized spacial score (nSPS) is 15.1. The highest BCUT2D eigenvalue weighted by Gasteiger charge is 2.22. The van der Waals surface area contributed by atoms with Crippen molar-refractivity contribution in [1.82, 2.24) is 4.98 Å². The number of benzene rings is 1. The van der Waals surface area contributed by atoms with Crippen molar-refractivity contribution in [1.29, 1.82) is 0 Å². The summed E-state index contributed by atoms with van der Waals surface area (Å²) >= 11 is 0. The molecule has 1 aromatic heterocycles. The van der Waals surface area contributed by atoms with Crippen LogP contribution in [0.25, 0.3) is 10.9 Å². The zero-order chi connectivity index (χ0) is 11.7. The first-order valence-electron chi connectivity index (χ1n) is 6.08. The van der Waals surface area contributed by atoms with Gasteiger partial charge in [0.05, 0.1) is 17.8 Å². The molecule has 0 atom stereocenters. The zero-order valence-corrected chi connectivity index (χ0v) is 9.73. The molecule has 1 aliphatic rings. The van der Waals surface area contributed by atoms with Crippen molar-refractivity contribution in [3.8, 4) is 5.75 Å². The van der Waals surface area contributed by atoms with E-state index in [1.165, 1.54) is 12.8 Å². The van der Waals surface area contributed by atoms with Crippen LogP contribution in [0.5, 0.6) is 5.75 Å². The van der Waals surface area contributed by atoms with Gasteiger partial charge in [-0.15, -0.1) is 0 Å². The van der Waals surface area contributed by atoms with Gasteiger partial charge in [-0.25, -0.2) is 0 Å². The summed E-state index contributed by atoms with van der Waals surface area (Å²) in [6, 6.07) is 10.0. The highest BCUT2D eigenvalue weighted by molar-refractivity contribution is 5.85. The number of rotatable bonds is 4. The maximum atomic E-state index is 5.89. The van der Waals surface area contributed by atoms with Crippen LogP contribution in [0.4, 0.5) is 0 Å². The zero-order valence-electron chi connectivity index (χ0n) is 9.73. The molecule has 1 heterocycles. The summed E-state index contributed by atoms with van der Waals surface area (Å²) in [5.74, 6) is 1.67. The Balaban J connectivity index is 1.99. The van der Waals surface area contributed by atoms with Gasteiger partial charge >= 0.3 is 0 Å². The molecule has 0 amide bonds. The molecule has 1 aliphatic carbocycles. The van der Waals surface area contributed by atoms with Gasteiger partial charge < -0.3 is 10.5 Å². The van der Waals surface area contributed by atoms with Crippen LogP contribution in [0.1, 0.15) is 18.5 Å². The molecule has 0 spiro atoms. The molecule has 3 heteroatoms. The number of ether oxygens (including phenoxy) is 1. The van der Waals surface area contributed by atoms with E-state index < -0.39 is 0 Å². The minimum atomic E-state index is 0.449. The molecule has 0 radical (unpaired) electrons. The largest absolute Gasteiger partial charge is 0.493 e. The minimum Gasteiger partial charge on any atom is -0.493 e. The van der Waals surface area contributed by atoms with Crippen LogP contribution in [-0.4, -0.2) is 11.6 Å². The average molecular weight is 228 g/mol. The van der Waals surface area contributed by atoms with Crippen molar-refractivity contribution in [2.45, 2.75) is 19.4 Å². The fraction of sp³-hybridized carbons (Fsp3) is 0.357. The van der Waals surface area contributed by atoms with Gasteiger partial charge in [-0.05, 0) is 30.9 Å². The lowest BCUT2D eigenvalue weighted by molar-refractivity contribution is 0.303. The summed E-state index contributed by atoms with van der Waals surface area (Å²) in [5.41, 5.74) is 7.50. The third-order valence-electron chi connectivity index (χ3n) is 3.11. The third-order valence-corrected chi connectivity index (χ3v) is 3.11. The molecule has 0 saturated heterocycles. The molecule has 0 bridgehead atoms. The Labute approximate surface area is 101 Å². The maximum Gasteiger partial charge on any atom is 0.130 e. The minimum absolute atomic E-state index is 0.449. The Kier molecular flexibility index (Phi) is 2.69. The van der Waals surface area contributed by atoms with Crippen LogP contribution in [0.2, 0.25) is 0 Å². The molecule has 2 aromatic rings. The van der Waals surface area contributed by atoms with Crippen LogP contribution in [0, 0.1) is 5.92 Å². The molecule has 3 rings (SSSR count). The first kappa shape index (κ1) is 10.5. The first-order valence-corrected chi connectivity index (χ1v) is 6.08. The molecule has 1 saturated carbocycles. The van der Waals surface area contributed by atoms with Crippen molar-refractivity contribution < 1.29 is 4.74 Å². The number of para-hydroxylation sites is 1. The molecule has 17 heavy (non-hydrogen) atoms. The first-order chi connectivity index (χ1) is 8.36.